The van der Waals surface area contributed by atoms with Crippen LogP contribution in [0.5, 0.6) is 5.75 Å². The average molecular weight is 301 g/mol. The van der Waals surface area contributed by atoms with E-state index in [4.69, 9.17) is 4.74 Å². The van der Waals surface area contributed by atoms with E-state index in [1.807, 2.05) is 30.3 Å². The molecular weight excluding hydrogens is 281 g/mol. The highest BCUT2D eigenvalue weighted by molar-refractivity contribution is 5.79. The Morgan fingerprint density at radius 2 is 1.91 bits per heavy atom. The Bertz CT molecular complexity index is 602. The summed E-state index contributed by atoms with van der Waals surface area (Å²) in [4.78, 5) is 4.14. The van der Waals surface area contributed by atoms with Crippen LogP contribution in [-0.2, 0) is 6.54 Å². The summed E-state index contributed by atoms with van der Waals surface area (Å²) in [5.41, 5.74) is 1.18. The first-order valence-corrected chi connectivity index (χ1v) is 7.15. The number of halogens is 1. The molecule has 0 aliphatic rings. The number of ether oxygens (including phenoxy) is 1. The highest BCUT2D eigenvalue weighted by Gasteiger charge is 1.99. The van der Waals surface area contributed by atoms with Crippen molar-refractivity contribution >= 4 is 5.96 Å². The van der Waals surface area contributed by atoms with Gasteiger partial charge in [0.15, 0.2) is 5.96 Å². The van der Waals surface area contributed by atoms with Gasteiger partial charge in [-0.15, -0.1) is 0 Å². The molecule has 0 aliphatic carbocycles. The Balaban J connectivity index is 1.68. The van der Waals surface area contributed by atoms with Crippen molar-refractivity contribution in [3.8, 4) is 5.75 Å². The molecular formula is C17H20FN3O. The van der Waals surface area contributed by atoms with Gasteiger partial charge in [-0.05, 0) is 17.7 Å². The minimum absolute atomic E-state index is 0.300. The molecule has 0 amide bonds. The van der Waals surface area contributed by atoms with Crippen molar-refractivity contribution < 1.29 is 9.13 Å². The Hall–Kier alpha value is -2.56. The predicted molar refractivity (Wildman–Crippen MR) is 86.5 cm³/mol. The highest BCUT2D eigenvalue weighted by atomic mass is 19.1. The molecule has 0 aliphatic heterocycles. The van der Waals surface area contributed by atoms with Crippen LogP contribution in [0.1, 0.15) is 5.56 Å². The third-order valence-corrected chi connectivity index (χ3v) is 2.99. The number of nitrogens with zero attached hydrogens (tertiary/aromatic N) is 1. The van der Waals surface area contributed by atoms with Crippen LogP contribution in [0, 0.1) is 5.82 Å². The topological polar surface area (TPSA) is 45.7 Å². The van der Waals surface area contributed by atoms with Gasteiger partial charge in [-0.25, -0.2) is 4.39 Å². The molecule has 0 atom stereocenters. The van der Waals surface area contributed by atoms with E-state index in [1.165, 1.54) is 17.7 Å². The molecule has 2 aromatic carbocycles. The predicted octanol–water partition coefficient (Wildman–Crippen LogP) is 2.57. The van der Waals surface area contributed by atoms with Crippen molar-refractivity contribution in [2.24, 2.45) is 4.99 Å². The number of rotatable bonds is 6. The van der Waals surface area contributed by atoms with Crippen LogP contribution >= 0.6 is 0 Å². The number of aliphatic imine (C=N–C) groups is 1. The van der Waals surface area contributed by atoms with Crippen LogP contribution in [0.15, 0.2) is 59.6 Å². The van der Waals surface area contributed by atoms with Gasteiger partial charge in [-0.3, -0.25) is 4.99 Å². The van der Waals surface area contributed by atoms with Crippen LogP contribution in [-0.4, -0.2) is 26.2 Å². The monoisotopic (exact) mass is 301 g/mol. The van der Waals surface area contributed by atoms with Crippen molar-refractivity contribution in [1.82, 2.24) is 10.6 Å². The summed E-state index contributed by atoms with van der Waals surface area (Å²) in [6.45, 7) is 1.70. The quantitative estimate of drug-likeness (QED) is 0.490. The van der Waals surface area contributed by atoms with Gasteiger partial charge >= 0.3 is 0 Å². The highest BCUT2D eigenvalue weighted by Crippen LogP contribution is 2.11. The number of guanidine groups is 1. The fourth-order valence-corrected chi connectivity index (χ4v) is 1.90. The molecule has 2 rings (SSSR count). The van der Waals surface area contributed by atoms with Crippen molar-refractivity contribution in [2.45, 2.75) is 6.54 Å². The number of hydrogen-bond donors (Lipinski definition) is 2. The summed E-state index contributed by atoms with van der Waals surface area (Å²) < 4.78 is 18.5. The van der Waals surface area contributed by atoms with Crippen LogP contribution in [0.2, 0.25) is 0 Å². The normalized spacial score (nSPS) is 11.1. The van der Waals surface area contributed by atoms with E-state index in [-0.39, 0.29) is 5.82 Å². The molecule has 4 nitrogen and oxygen atoms in total. The minimum atomic E-state index is -0.300. The summed E-state index contributed by atoms with van der Waals surface area (Å²) in [7, 11) is 1.72. The Labute approximate surface area is 130 Å². The number of benzene rings is 2. The molecule has 0 unspecified atom stereocenters. The first-order valence-electron chi connectivity index (χ1n) is 7.15. The van der Waals surface area contributed by atoms with E-state index in [2.05, 4.69) is 15.6 Å². The summed E-state index contributed by atoms with van der Waals surface area (Å²) in [6, 6.07) is 16.2. The number of hydrogen-bond acceptors (Lipinski definition) is 2. The van der Waals surface area contributed by atoms with E-state index >= 15 is 0 Å². The third kappa shape index (κ3) is 5.44. The molecule has 22 heavy (non-hydrogen) atoms. The second-order valence-corrected chi connectivity index (χ2v) is 4.64. The van der Waals surface area contributed by atoms with Gasteiger partial charge < -0.3 is 15.4 Å². The van der Waals surface area contributed by atoms with Gasteiger partial charge in [0.2, 0.25) is 0 Å². The largest absolute Gasteiger partial charge is 0.492 e. The lowest BCUT2D eigenvalue weighted by atomic mass is 10.2. The standard InChI is InChI=1S/C17H20FN3O/c1-19-17(21-13-14-6-3-2-4-7-14)20-10-11-22-16-9-5-8-15(18)12-16/h2-9,12H,10-11,13H2,1H3,(H2,19,20,21). The maximum absolute atomic E-state index is 13.0. The maximum Gasteiger partial charge on any atom is 0.191 e. The second kappa shape index (κ2) is 8.67. The van der Waals surface area contributed by atoms with Gasteiger partial charge in [0, 0.05) is 19.7 Å². The van der Waals surface area contributed by atoms with Crippen LogP contribution in [0.25, 0.3) is 0 Å². The molecule has 116 valence electrons. The molecule has 0 radical (unpaired) electrons. The average Bonchev–Trinajstić information content (AvgIpc) is 2.55. The van der Waals surface area contributed by atoms with Crippen molar-refractivity contribution in [1.29, 1.82) is 0 Å². The fraction of sp³-hybridized carbons (Fsp3) is 0.235. The Kier molecular flexibility index (Phi) is 6.23. The third-order valence-electron chi connectivity index (χ3n) is 2.99. The second-order valence-electron chi connectivity index (χ2n) is 4.64. The van der Waals surface area contributed by atoms with Crippen molar-refractivity contribution in [3.63, 3.8) is 0 Å². The molecule has 0 fully saturated rings. The first kappa shape index (κ1) is 15.8. The lowest BCUT2D eigenvalue weighted by molar-refractivity contribution is 0.320. The molecule has 5 heteroatoms. The van der Waals surface area contributed by atoms with Crippen LogP contribution < -0.4 is 15.4 Å². The fourth-order valence-electron chi connectivity index (χ4n) is 1.90. The molecule has 0 aromatic heterocycles. The summed E-state index contributed by atoms with van der Waals surface area (Å²) in [5, 5.41) is 6.36. The maximum atomic E-state index is 13.0. The van der Waals surface area contributed by atoms with E-state index in [0.29, 0.717) is 31.4 Å². The van der Waals surface area contributed by atoms with Crippen LogP contribution in [0.4, 0.5) is 4.39 Å². The molecule has 2 aromatic rings. The SMILES string of the molecule is CN=C(NCCOc1cccc(F)c1)NCc1ccccc1. The van der Waals surface area contributed by atoms with Crippen molar-refractivity contribution in [3.05, 3.63) is 66.0 Å². The van der Waals surface area contributed by atoms with Crippen molar-refractivity contribution in [2.75, 3.05) is 20.2 Å². The van der Waals surface area contributed by atoms with Gasteiger partial charge in [-0.1, -0.05) is 36.4 Å². The van der Waals surface area contributed by atoms with Gasteiger partial charge in [0.05, 0.1) is 6.54 Å². The van der Waals surface area contributed by atoms with E-state index in [1.54, 1.807) is 19.2 Å². The summed E-state index contributed by atoms with van der Waals surface area (Å²) >= 11 is 0. The molecule has 0 saturated carbocycles. The molecule has 0 bridgehead atoms. The summed E-state index contributed by atoms with van der Waals surface area (Å²) in [6.07, 6.45) is 0. The smallest absolute Gasteiger partial charge is 0.191 e. The van der Waals surface area contributed by atoms with Gasteiger partial charge in [-0.2, -0.15) is 0 Å². The zero-order valence-electron chi connectivity index (χ0n) is 12.6. The molecule has 0 spiro atoms. The lowest BCUT2D eigenvalue weighted by Gasteiger charge is -2.12. The van der Waals surface area contributed by atoms with Gasteiger partial charge in [0.1, 0.15) is 18.2 Å². The van der Waals surface area contributed by atoms with E-state index in [0.717, 1.165) is 0 Å². The molecule has 2 N–H and O–H groups in total. The zero-order valence-corrected chi connectivity index (χ0v) is 12.6. The lowest BCUT2D eigenvalue weighted by Crippen LogP contribution is -2.38. The van der Waals surface area contributed by atoms with Crippen LogP contribution in [0.3, 0.4) is 0 Å². The molecule has 0 saturated heterocycles. The van der Waals surface area contributed by atoms with Gasteiger partial charge in [0.25, 0.3) is 0 Å². The minimum Gasteiger partial charge on any atom is -0.492 e. The Morgan fingerprint density at radius 3 is 2.64 bits per heavy atom. The van der Waals surface area contributed by atoms with E-state index in [9.17, 15) is 4.39 Å². The van der Waals surface area contributed by atoms with E-state index < -0.39 is 0 Å². The summed E-state index contributed by atoms with van der Waals surface area (Å²) in [5.74, 6) is 0.923. The number of nitrogens with one attached hydrogen (secondary N) is 2. The Morgan fingerprint density at radius 1 is 1.09 bits per heavy atom. The zero-order chi connectivity index (χ0) is 15.6. The molecule has 0 heterocycles. The first-order chi connectivity index (χ1) is 10.8.